The maximum atomic E-state index is 12.0. The summed E-state index contributed by atoms with van der Waals surface area (Å²) in [5.74, 6) is 0.174. The van der Waals surface area contributed by atoms with Gasteiger partial charge in [0.25, 0.3) is 0 Å². The second-order valence-corrected chi connectivity index (χ2v) is 6.68. The van der Waals surface area contributed by atoms with Crippen molar-refractivity contribution in [2.45, 2.75) is 31.7 Å². The first-order valence-electron chi connectivity index (χ1n) is 8.96. The molecule has 3 rings (SSSR count). The summed E-state index contributed by atoms with van der Waals surface area (Å²) >= 11 is 0. The fraction of sp³-hybridized carbons (Fsp3) is 0.400. The Labute approximate surface area is 152 Å². The molecule has 1 aliphatic rings. The number of carboxylic acid groups (broad SMARTS) is 1. The number of piperidine rings is 1. The summed E-state index contributed by atoms with van der Waals surface area (Å²) in [5, 5.41) is 12.0. The van der Waals surface area contributed by atoms with Gasteiger partial charge in [0, 0.05) is 19.5 Å². The molecule has 138 valence electrons. The third-order valence-electron chi connectivity index (χ3n) is 4.81. The molecule has 0 saturated carbocycles. The largest absolute Gasteiger partial charge is 0.478 e. The van der Waals surface area contributed by atoms with Crippen LogP contribution >= 0.6 is 0 Å². The van der Waals surface area contributed by atoms with Gasteiger partial charge in [-0.05, 0) is 55.1 Å². The van der Waals surface area contributed by atoms with Crippen molar-refractivity contribution in [2.24, 2.45) is 0 Å². The van der Waals surface area contributed by atoms with Crippen molar-refractivity contribution in [1.82, 2.24) is 10.2 Å². The normalized spacial score (nSPS) is 17.8. The first-order valence-corrected chi connectivity index (χ1v) is 8.96. The molecule has 0 radical (unpaired) electrons. The molecule has 6 heteroatoms. The number of hydrogen-bond donors (Lipinski definition) is 2. The van der Waals surface area contributed by atoms with Crippen LogP contribution in [-0.2, 0) is 11.3 Å². The molecular weight excluding hydrogens is 332 g/mol. The van der Waals surface area contributed by atoms with Crippen molar-refractivity contribution < 1.29 is 19.1 Å². The molecule has 0 unspecified atom stereocenters. The van der Waals surface area contributed by atoms with Crippen molar-refractivity contribution in [1.29, 1.82) is 0 Å². The predicted octanol–water partition coefficient (Wildman–Crippen LogP) is 2.86. The highest BCUT2D eigenvalue weighted by molar-refractivity contribution is 5.87. The van der Waals surface area contributed by atoms with E-state index in [0.29, 0.717) is 31.0 Å². The van der Waals surface area contributed by atoms with Gasteiger partial charge in [0.15, 0.2) is 0 Å². The summed E-state index contributed by atoms with van der Waals surface area (Å²) in [5.41, 5.74) is 1.40. The van der Waals surface area contributed by atoms with Crippen LogP contribution in [0.3, 0.4) is 0 Å². The molecule has 2 heterocycles. The van der Waals surface area contributed by atoms with Gasteiger partial charge in [-0.3, -0.25) is 4.79 Å². The van der Waals surface area contributed by atoms with Crippen LogP contribution < -0.4 is 5.32 Å². The summed E-state index contributed by atoms with van der Waals surface area (Å²) in [6.45, 7) is 2.95. The molecule has 2 aromatic rings. The van der Waals surface area contributed by atoms with Crippen LogP contribution in [0.15, 0.2) is 47.1 Å². The van der Waals surface area contributed by atoms with Crippen molar-refractivity contribution in [3.05, 3.63) is 59.5 Å². The van der Waals surface area contributed by atoms with Crippen LogP contribution in [0.25, 0.3) is 0 Å². The zero-order chi connectivity index (χ0) is 18.4. The number of benzene rings is 1. The zero-order valence-electron chi connectivity index (χ0n) is 14.7. The lowest BCUT2D eigenvalue weighted by atomic mass is 9.89. The van der Waals surface area contributed by atoms with E-state index < -0.39 is 5.97 Å². The number of amides is 1. The summed E-state index contributed by atoms with van der Waals surface area (Å²) in [6.07, 6.45) is 4.14. The van der Waals surface area contributed by atoms with E-state index in [9.17, 15) is 9.59 Å². The molecule has 6 nitrogen and oxygen atoms in total. The third-order valence-corrected chi connectivity index (χ3v) is 4.81. The lowest BCUT2D eigenvalue weighted by molar-refractivity contribution is -0.121. The number of nitrogens with zero attached hydrogens (tertiary/aromatic N) is 1. The third kappa shape index (κ3) is 4.95. The highest BCUT2D eigenvalue weighted by atomic mass is 16.4. The first-order chi connectivity index (χ1) is 12.6. The van der Waals surface area contributed by atoms with Crippen molar-refractivity contribution in [3.63, 3.8) is 0 Å². The number of carbonyl (C=O) groups is 2. The fourth-order valence-corrected chi connectivity index (χ4v) is 3.40. The van der Waals surface area contributed by atoms with E-state index in [2.05, 4.69) is 10.2 Å². The molecule has 1 amide bonds. The lowest BCUT2D eigenvalue weighted by Crippen LogP contribution is -2.37. The number of rotatable bonds is 7. The second-order valence-electron chi connectivity index (χ2n) is 6.68. The van der Waals surface area contributed by atoms with Gasteiger partial charge >= 0.3 is 5.97 Å². The summed E-state index contributed by atoms with van der Waals surface area (Å²) in [6, 6.07) is 10.8. The van der Waals surface area contributed by atoms with E-state index in [1.807, 2.05) is 12.1 Å². The number of carboxylic acids is 1. The van der Waals surface area contributed by atoms with Gasteiger partial charge in [0.1, 0.15) is 5.76 Å². The molecule has 1 aromatic heterocycles. The minimum atomic E-state index is -0.896. The van der Waals surface area contributed by atoms with Crippen molar-refractivity contribution in [3.8, 4) is 0 Å². The van der Waals surface area contributed by atoms with E-state index in [-0.39, 0.29) is 5.91 Å². The molecule has 0 aliphatic carbocycles. The van der Waals surface area contributed by atoms with Crippen molar-refractivity contribution in [2.75, 3.05) is 19.6 Å². The standard InChI is InChI=1S/C20H24N2O4/c23-19(21-13-18-7-3-11-26-18)8-10-22-9-2-6-17(14-22)15-4-1-5-16(12-15)20(24)25/h1,3-5,7,11-12,17H,2,6,8-10,13-14H2,(H,21,23)(H,24,25)/t17-/m1/s1. The monoisotopic (exact) mass is 356 g/mol. The van der Waals surface area contributed by atoms with Crippen LogP contribution in [0.1, 0.15) is 46.9 Å². The Morgan fingerprint density at radius 2 is 2.15 bits per heavy atom. The summed E-state index contributed by atoms with van der Waals surface area (Å²) in [7, 11) is 0. The van der Waals surface area contributed by atoms with Gasteiger partial charge in [-0.25, -0.2) is 4.79 Å². The number of aromatic carboxylic acids is 1. The maximum absolute atomic E-state index is 12.0. The molecule has 1 saturated heterocycles. The van der Waals surface area contributed by atoms with Crippen molar-refractivity contribution >= 4 is 11.9 Å². The SMILES string of the molecule is O=C(CCN1CCC[C@@H](c2cccc(C(=O)O)c2)C1)NCc1ccco1. The average molecular weight is 356 g/mol. The average Bonchev–Trinajstić information content (AvgIpc) is 3.18. The second kappa shape index (κ2) is 8.67. The van der Waals surface area contributed by atoms with E-state index in [0.717, 1.165) is 37.3 Å². The fourth-order valence-electron chi connectivity index (χ4n) is 3.40. The number of carbonyl (C=O) groups excluding carboxylic acids is 1. The Morgan fingerprint density at radius 1 is 1.27 bits per heavy atom. The Kier molecular flexibility index (Phi) is 6.07. The Hall–Kier alpha value is -2.60. The van der Waals surface area contributed by atoms with E-state index in [1.54, 1.807) is 30.5 Å². The number of furan rings is 1. The molecule has 2 N–H and O–H groups in total. The van der Waals surface area contributed by atoms with Crippen LogP contribution in [-0.4, -0.2) is 41.5 Å². The lowest BCUT2D eigenvalue weighted by Gasteiger charge is -2.33. The van der Waals surface area contributed by atoms with Gasteiger partial charge < -0.3 is 19.7 Å². The highest BCUT2D eigenvalue weighted by Gasteiger charge is 2.22. The molecule has 1 fully saturated rings. The van der Waals surface area contributed by atoms with Gasteiger partial charge in [0.2, 0.25) is 5.91 Å². The molecule has 1 aromatic carbocycles. The quantitative estimate of drug-likeness (QED) is 0.797. The summed E-state index contributed by atoms with van der Waals surface area (Å²) in [4.78, 5) is 25.5. The van der Waals surface area contributed by atoms with E-state index in [4.69, 9.17) is 9.52 Å². The van der Waals surface area contributed by atoms with Crippen LogP contribution in [0, 0.1) is 0 Å². The first kappa shape index (κ1) is 18.2. The van der Waals surface area contributed by atoms with Crippen LogP contribution in [0.5, 0.6) is 0 Å². The van der Waals surface area contributed by atoms with Gasteiger partial charge in [-0.2, -0.15) is 0 Å². The highest BCUT2D eigenvalue weighted by Crippen LogP contribution is 2.27. The Morgan fingerprint density at radius 3 is 2.92 bits per heavy atom. The molecule has 1 aliphatic heterocycles. The molecule has 1 atom stereocenters. The minimum Gasteiger partial charge on any atom is -0.478 e. The topological polar surface area (TPSA) is 82.8 Å². The van der Waals surface area contributed by atoms with Gasteiger partial charge in [-0.15, -0.1) is 0 Å². The van der Waals surface area contributed by atoms with Gasteiger partial charge in [0.05, 0.1) is 18.4 Å². The minimum absolute atomic E-state index is 0.0106. The number of likely N-dealkylation sites (tertiary alicyclic amines) is 1. The zero-order valence-corrected chi connectivity index (χ0v) is 14.7. The smallest absolute Gasteiger partial charge is 0.335 e. The van der Waals surface area contributed by atoms with Gasteiger partial charge in [-0.1, -0.05) is 12.1 Å². The number of nitrogens with one attached hydrogen (secondary N) is 1. The Bertz CT molecular complexity index is 742. The predicted molar refractivity (Wildman–Crippen MR) is 97.0 cm³/mol. The van der Waals surface area contributed by atoms with E-state index >= 15 is 0 Å². The van der Waals surface area contributed by atoms with E-state index in [1.165, 1.54) is 0 Å². The molecule has 0 bridgehead atoms. The van der Waals surface area contributed by atoms with Crippen LogP contribution in [0.4, 0.5) is 0 Å². The number of hydrogen-bond acceptors (Lipinski definition) is 4. The van der Waals surface area contributed by atoms with Crippen LogP contribution in [0.2, 0.25) is 0 Å². The molecular formula is C20H24N2O4. The molecule has 0 spiro atoms. The Balaban J connectivity index is 1.48. The molecule has 26 heavy (non-hydrogen) atoms. The summed E-state index contributed by atoms with van der Waals surface area (Å²) < 4.78 is 5.20. The maximum Gasteiger partial charge on any atom is 0.335 e.